The molecule has 3 N–H and O–H groups in total. The number of carbonyl (C=O) groups is 4. The van der Waals surface area contributed by atoms with Gasteiger partial charge in [0, 0.05) is 25.7 Å². The van der Waals surface area contributed by atoms with Gasteiger partial charge in [-0.3, -0.25) is 37.3 Å². The molecule has 105 heavy (non-hydrogen) atoms. The highest BCUT2D eigenvalue weighted by molar-refractivity contribution is 7.47. The number of phosphoric ester groups is 2. The quantitative estimate of drug-likeness (QED) is 0.0222. The van der Waals surface area contributed by atoms with E-state index in [4.69, 9.17) is 37.0 Å². The van der Waals surface area contributed by atoms with E-state index in [2.05, 4.69) is 34.6 Å². The molecule has 0 heterocycles. The van der Waals surface area contributed by atoms with Gasteiger partial charge in [-0.05, 0) is 31.6 Å². The van der Waals surface area contributed by atoms with E-state index in [-0.39, 0.29) is 25.7 Å². The number of aliphatic hydroxyl groups is 1. The van der Waals surface area contributed by atoms with Crippen molar-refractivity contribution in [1.29, 1.82) is 0 Å². The molecular formula is C86H168O17P2. The average Bonchev–Trinajstić information content (AvgIpc) is 0.920. The van der Waals surface area contributed by atoms with Gasteiger partial charge in [0.25, 0.3) is 0 Å². The second kappa shape index (κ2) is 78.7. The molecule has 0 amide bonds. The topological polar surface area (TPSA) is 237 Å². The van der Waals surface area contributed by atoms with Crippen LogP contribution in [0.15, 0.2) is 0 Å². The van der Waals surface area contributed by atoms with Crippen LogP contribution in [0.4, 0.5) is 0 Å². The molecule has 0 aromatic carbocycles. The van der Waals surface area contributed by atoms with Crippen molar-refractivity contribution in [2.75, 3.05) is 39.6 Å². The second-order valence-corrected chi connectivity index (χ2v) is 34.3. The number of hydrogen-bond donors (Lipinski definition) is 3. The van der Waals surface area contributed by atoms with Crippen LogP contribution in [0, 0.1) is 5.92 Å². The lowest BCUT2D eigenvalue weighted by Crippen LogP contribution is -2.30. The lowest BCUT2D eigenvalue weighted by molar-refractivity contribution is -0.161. The zero-order valence-corrected chi connectivity index (χ0v) is 70.7. The molecule has 0 spiro atoms. The van der Waals surface area contributed by atoms with Gasteiger partial charge in [-0.25, -0.2) is 9.13 Å². The van der Waals surface area contributed by atoms with E-state index in [0.29, 0.717) is 25.7 Å². The van der Waals surface area contributed by atoms with Crippen LogP contribution in [0.5, 0.6) is 0 Å². The van der Waals surface area contributed by atoms with Gasteiger partial charge in [0.15, 0.2) is 12.2 Å². The first-order chi connectivity index (χ1) is 51.0. The Hall–Kier alpha value is -1.94. The summed E-state index contributed by atoms with van der Waals surface area (Å²) in [5, 5.41) is 10.7. The molecular weight excluding hydrogens is 1370 g/mol. The molecule has 0 fully saturated rings. The number of ether oxygens (including phenoxy) is 4. The van der Waals surface area contributed by atoms with Gasteiger partial charge in [-0.1, -0.05) is 413 Å². The Morgan fingerprint density at radius 2 is 0.438 bits per heavy atom. The van der Waals surface area contributed by atoms with Crippen LogP contribution in [-0.2, 0) is 65.4 Å². The summed E-state index contributed by atoms with van der Waals surface area (Å²) in [6, 6.07) is 0. The number of aliphatic hydroxyl groups excluding tert-OH is 1. The molecule has 0 saturated heterocycles. The molecule has 19 heteroatoms. The van der Waals surface area contributed by atoms with Gasteiger partial charge in [0.1, 0.15) is 19.3 Å². The molecule has 0 radical (unpaired) electrons. The highest BCUT2D eigenvalue weighted by Crippen LogP contribution is 2.45. The van der Waals surface area contributed by atoms with Crippen LogP contribution in [0.3, 0.4) is 0 Å². The number of hydrogen-bond acceptors (Lipinski definition) is 15. The molecule has 0 saturated carbocycles. The average molecular weight is 1540 g/mol. The van der Waals surface area contributed by atoms with Crippen molar-refractivity contribution in [1.82, 2.24) is 0 Å². The summed E-state index contributed by atoms with van der Waals surface area (Å²) in [5.74, 6) is -1.33. The largest absolute Gasteiger partial charge is 0.472 e. The predicted molar refractivity (Wildman–Crippen MR) is 432 cm³/mol. The lowest BCUT2D eigenvalue weighted by Gasteiger charge is -2.21. The number of unbranched alkanes of at least 4 members (excludes halogenated alkanes) is 58. The molecule has 5 atom stereocenters. The minimum Gasteiger partial charge on any atom is -0.462 e. The fourth-order valence-corrected chi connectivity index (χ4v) is 15.1. The van der Waals surface area contributed by atoms with E-state index in [1.165, 1.54) is 289 Å². The smallest absolute Gasteiger partial charge is 0.462 e. The highest BCUT2D eigenvalue weighted by Gasteiger charge is 2.30. The Morgan fingerprint density at radius 3 is 0.648 bits per heavy atom. The van der Waals surface area contributed by atoms with E-state index in [1.807, 2.05) is 0 Å². The third kappa shape index (κ3) is 79.9. The van der Waals surface area contributed by atoms with Crippen LogP contribution in [-0.4, -0.2) is 96.7 Å². The summed E-state index contributed by atoms with van der Waals surface area (Å²) in [5.41, 5.74) is 0. The Labute approximate surface area is 645 Å². The van der Waals surface area contributed by atoms with Crippen LogP contribution >= 0.6 is 15.6 Å². The fourth-order valence-electron chi connectivity index (χ4n) is 13.5. The molecule has 0 bridgehead atoms. The molecule has 624 valence electrons. The van der Waals surface area contributed by atoms with Gasteiger partial charge in [0.05, 0.1) is 26.4 Å². The summed E-state index contributed by atoms with van der Waals surface area (Å²) < 4.78 is 68.8. The van der Waals surface area contributed by atoms with Crippen molar-refractivity contribution in [2.45, 2.75) is 483 Å². The minimum atomic E-state index is -4.96. The summed E-state index contributed by atoms with van der Waals surface area (Å²) in [4.78, 5) is 73.1. The van der Waals surface area contributed by atoms with Crippen LogP contribution in [0.25, 0.3) is 0 Å². The zero-order chi connectivity index (χ0) is 76.9. The third-order valence-electron chi connectivity index (χ3n) is 20.3. The van der Waals surface area contributed by atoms with Gasteiger partial charge in [0.2, 0.25) is 0 Å². The van der Waals surface area contributed by atoms with E-state index >= 15 is 0 Å². The van der Waals surface area contributed by atoms with E-state index in [1.54, 1.807) is 0 Å². The Bertz CT molecular complexity index is 2000. The molecule has 0 aliphatic carbocycles. The number of carbonyl (C=O) groups excluding carboxylic acids is 4. The normalized spacial score (nSPS) is 13.8. The van der Waals surface area contributed by atoms with Crippen molar-refractivity contribution >= 4 is 39.5 Å². The number of esters is 4. The molecule has 17 nitrogen and oxygen atoms in total. The monoisotopic (exact) mass is 1540 g/mol. The number of rotatable bonds is 86. The van der Waals surface area contributed by atoms with E-state index < -0.39 is 97.5 Å². The Kier molecular flexibility index (Phi) is 77.3. The molecule has 2 unspecified atom stereocenters. The summed E-state index contributed by atoms with van der Waals surface area (Å²) >= 11 is 0. The maximum atomic E-state index is 13.1. The van der Waals surface area contributed by atoms with Gasteiger partial charge < -0.3 is 33.8 Å². The lowest BCUT2D eigenvalue weighted by atomic mass is 10.0. The third-order valence-corrected chi connectivity index (χ3v) is 22.2. The first-order valence-electron chi connectivity index (χ1n) is 44.6. The maximum Gasteiger partial charge on any atom is 0.472 e. The van der Waals surface area contributed by atoms with Gasteiger partial charge in [-0.15, -0.1) is 0 Å². The number of phosphoric acid groups is 2. The van der Waals surface area contributed by atoms with E-state index in [9.17, 15) is 43.2 Å². The first kappa shape index (κ1) is 103. The fraction of sp³-hybridized carbons (Fsp3) is 0.953. The Balaban J connectivity index is 5.20. The van der Waals surface area contributed by atoms with Crippen molar-refractivity contribution < 1.29 is 80.2 Å². The van der Waals surface area contributed by atoms with Crippen LogP contribution in [0.2, 0.25) is 0 Å². The molecule has 0 aliphatic heterocycles. The molecule has 0 aromatic heterocycles. The van der Waals surface area contributed by atoms with Crippen molar-refractivity contribution in [3.63, 3.8) is 0 Å². The zero-order valence-electron chi connectivity index (χ0n) is 68.9. The SMILES string of the molecule is CCCCCCCCCCCCCCCCCCCCCCCC(=O)O[C@H](COC(=O)CCCCCCCCCCCCCCCCCCCCCC)COP(=O)(O)OC[C@@H](O)COP(=O)(O)OC[C@@H](COC(=O)CCCCCCCCCCC)OC(=O)CCCCCCCCCCCCCCC(C)C. The summed E-state index contributed by atoms with van der Waals surface area (Å²) in [6.45, 7) is 7.35. The maximum absolute atomic E-state index is 13.1. The molecule has 0 rings (SSSR count). The van der Waals surface area contributed by atoms with Gasteiger partial charge in [-0.2, -0.15) is 0 Å². The second-order valence-electron chi connectivity index (χ2n) is 31.4. The standard InChI is InChI=1S/C86H168O17P2/c1-6-9-12-15-18-21-23-25-27-29-31-33-35-37-39-41-46-51-56-61-66-71-85(90)103-82(76-97-84(89)70-65-60-55-50-45-40-38-36-34-32-30-28-26-24-22-19-16-13-10-7-2)78-101-105(94,95)99-74-80(87)73-98-104(92,93)100-77-81(75-96-83(88)69-64-59-54-48-20-17-14-11-8-3)102-86(91)72-67-62-57-52-47-43-42-44-49-53-58-63-68-79(4)5/h79-82,87H,6-78H2,1-5H3,(H,92,93)(H,94,95)/t80-,81+,82+/m0/s1. The molecule has 0 aliphatic rings. The minimum absolute atomic E-state index is 0.107. The Morgan fingerprint density at radius 1 is 0.257 bits per heavy atom. The predicted octanol–water partition coefficient (Wildman–Crippen LogP) is 26.4. The summed E-state index contributed by atoms with van der Waals surface area (Å²) in [7, 11) is -9.92. The first-order valence-corrected chi connectivity index (χ1v) is 47.6. The highest BCUT2D eigenvalue weighted by atomic mass is 31.2. The van der Waals surface area contributed by atoms with Crippen LogP contribution < -0.4 is 0 Å². The van der Waals surface area contributed by atoms with Crippen LogP contribution in [0.1, 0.15) is 465 Å². The molecule has 0 aromatic rings. The van der Waals surface area contributed by atoms with Crippen molar-refractivity contribution in [3.05, 3.63) is 0 Å². The summed E-state index contributed by atoms with van der Waals surface area (Å²) in [6.07, 6.45) is 72.4. The van der Waals surface area contributed by atoms with E-state index in [0.717, 1.165) is 95.8 Å². The van der Waals surface area contributed by atoms with Crippen molar-refractivity contribution in [3.8, 4) is 0 Å². The van der Waals surface area contributed by atoms with Crippen molar-refractivity contribution in [2.24, 2.45) is 5.92 Å². The van der Waals surface area contributed by atoms with Gasteiger partial charge >= 0.3 is 39.5 Å².